The van der Waals surface area contributed by atoms with Crippen LogP contribution in [-0.2, 0) is 6.54 Å². The van der Waals surface area contributed by atoms with E-state index in [9.17, 15) is 0 Å². The highest BCUT2D eigenvalue weighted by atomic mass is 35.5. The molecule has 0 atom stereocenters. The van der Waals surface area contributed by atoms with Crippen molar-refractivity contribution in [2.24, 2.45) is 0 Å². The Bertz CT molecular complexity index is 494. The molecule has 2 aromatic rings. The third-order valence-corrected chi connectivity index (χ3v) is 2.73. The molecule has 0 fully saturated rings. The van der Waals surface area contributed by atoms with Crippen LogP contribution in [0.15, 0.2) is 30.6 Å². The van der Waals surface area contributed by atoms with E-state index in [-0.39, 0.29) is 6.61 Å². The monoisotopic (exact) mass is 236 g/mol. The lowest BCUT2D eigenvalue weighted by Gasteiger charge is -2.08. The van der Waals surface area contributed by atoms with Gasteiger partial charge in [0.2, 0.25) is 0 Å². The molecule has 1 aromatic heterocycles. The first-order valence-corrected chi connectivity index (χ1v) is 5.48. The van der Waals surface area contributed by atoms with Gasteiger partial charge in [-0.05, 0) is 24.6 Å². The first kappa shape index (κ1) is 11.2. The minimum absolute atomic E-state index is 0.0901. The number of halogens is 1. The molecule has 0 saturated heterocycles. The lowest BCUT2D eigenvalue weighted by atomic mass is 10.1. The summed E-state index contributed by atoms with van der Waals surface area (Å²) in [7, 11) is 0. The lowest BCUT2D eigenvalue weighted by Crippen LogP contribution is -2.03. The fraction of sp³-hybridized carbons (Fsp3) is 0.250. The van der Waals surface area contributed by atoms with Gasteiger partial charge >= 0.3 is 0 Å². The number of aryl methyl sites for hydroxylation is 1. The third kappa shape index (κ3) is 2.10. The zero-order valence-corrected chi connectivity index (χ0v) is 9.78. The summed E-state index contributed by atoms with van der Waals surface area (Å²) >= 11 is 6.18. The van der Waals surface area contributed by atoms with Crippen LogP contribution in [0.5, 0.6) is 0 Å². The highest BCUT2D eigenvalue weighted by Crippen LogP contribution is 2.27. The van der Waals surface area contributed by atoms with Crippen LogP contribution in [0.3, 0.4) is 0 Å². The van der Waals surface area contributed by atoms with Crippen molar-refractivity contribution >= 4 is 11.6 Å². The number of aliphatic hydroxyl groups excluding tert-OH is 1. The number of rotatable bonds is 3. The van der Waals surface area contributed by atoms with E-state index >= 15 is 0 Å². The fourth-order valence-electron chi connectivity index (χ4n) is 1.64. The smallest absolute Gasteiger partial charge is 0.141 e. The molecule has 16 heavy (non-hydrogen) atoms. The molecule has 3 nitrogen and oxygen atoms in total. The average molecular weight is 237 g/mol. The zero-order valence-electron chi connectivity index (χ0n) is 9.02. The van der Waals surface area contributed by atoms with Crippen LogP contribution in [0.4, 0.5) is 0 Å². The molecule has 4 heteroatoms. The number of aliphatic hydroxyl groups is 1. The van der Waals surface area contributed by atoms with Crippen LogP contribution in [0.2, 0.25) is 5.02 Å². The first-order valence-electron chi connectivity index (χ1n) is 5.11. The molecule has 0 aliphatic heterocycles. The average Bonchev–Trinajstić information content (AvgIpc) is 2.67. The summed E-state index contributed by atoms with van der Waals surface area (Å²) in [6, 6.07) is 5.86. The molecule has 0 saturated carbocycles. The second-order valence-corrected chi connectivity index (χ2v) is 4.06. The highest BCUT2D eigenvalue weighted by Gasteiger charge is 2.09. The van der Waals surface area contributed by atoms with Gasteiger partial charge < -0.3 is 9.67 Å². The van der Waals surface area contributed by atoms with Crippen molar-refractivity contribution in [2.45, 2.75) is 13.5 Å². The van der Waals surface area contributed by atoms with E-state index in [2.05, 4.69) is 4.98 Å². The normalized spacial score (nSPS) is 10.7. The molecule has 2 rings (SSSR count). The fourth-order valence-corrected chi connectivity index (χ4v) is 1.96. The molecule has 1 aromatic carbocycles. The van der Waals surface area contributed by atoms with Gasteiger partial charge in [0.15, 0.2) is 0 Å². The summed E-state index contributed by atoms with van der Waals surface area (Å²) in [6.45, 7) is 2.61. The first-order chi connectivity index (χ1) is 7.72. The predicted molar refractivity (Wildman–Crippen MR) is 64.5 cm³/mol. The second-order valence-electron chi connectivity index (χ2n) is 3.65. The molecule has 0 aliphatic carbocycles. The van der Waals surface area contributed by atoms with Gasteiger partial charge in [-0.2, -0.15) is 0 Å². The quantitative estimate of drug-likeness (QED) is 0.889. The van der Waals surface area contributed by atoms with E-state index in [4.69, 9.17) is 16.7 Å². The standard InChI is InChI=1S/C12H13ClN2O/c1-9-2-3-10(11(13)8-9)12-14-4-5-15(12)6-7-16/h2-5,8,16H,6-7H2,1H3. The van der Waals surface area contributed by atoms with Crippen molar-refractivity contribution in [3.05, 3.63) is 41.2 Å². The van der Waals surface area contributed by atoms with Crippen molar-refractivity contribution in [3.63, 3.8) is 0 Å². The van der Waals surface area contributed by atoms with Gasteiger partial charge in [-0.1, -0.05) is 17.7 Å². The Morgan fingerprint density at radius 1 is 1.44 bits per heavy atom. The Hall–Kier alpha value is -1.32. The summed E-state index contributed by atoms with van der Waals surface area (Å²) in [6.07, 6.45) is 3.54. The number of hydrogen-bond acceptors (Lipinski definition) is 2. The maximum atomic E-state index is 8.94. The van der Waals surface area contributed by atoms with Gasteiger partial charge in [-0.3, -0.25) is 0 Å². The molecule has 0 unspecified atom stereocenters. The topological polar surface area (TPSA) is 38.0 Å². The van der Waals surface area contributed by atoms with E-state index < -0.39 is 0 Å². The van der Waals surface area contributed by atoms with Crippen molar-refractivity contribution in [2.75, 3.05) is 6.61 Å². The van der Waals surface area contributed by atoms with Gasteiger partial charge in [0.1, 0.15) is 5.82 Å². The van der Waals surface area contributed by atoms with Crippen LogP contribution >= 0.6 is 11.6 Å². The van der Waals surface area contributed by atoms with Crippen molar-refractivity contribution in [3.8, 4) is 11.4 Å². The van der Waals surface area contributed by atoms with Crippen LogP contribution in [0.1, 0.15) is 5.56 Å². The molecule has 0 spiro atoms. The van der Waals surface area contributed by atoms with Crippen LogP contribution in [-0.4, -0.2) is 21.3 Å². The van der Waals surface area contributed by atoms with Gasteiger partial charge in [-0.25, -0.2) is 4.98 Å². The SMILES string of the molecule is Cc1ccc(-c2nccn2CCO)c(Cl)c1. The number of nitrogens with zero attached hydrogens (tertiary/aromatic N) is 2. The maximum absolute atomic E-state index is 8.94. The van der Waals surface area contributed by atoms with Crippen molar-refractivity contribution in [1.29, 1.82) is 0 Å². The summed E-state index contributed by atoms with van der Waals surface area (Å²) in [5, 5.41) is 9.63. The minimum atomic E-state index is 0.0901. The van der Waals surface area contributed by atoms with E-state index in [0.29, 0.717) is 11.6 Å². The lowest BCUT2D eigenvalue weighted by molar-refractivity contribution is 0.276. The van der Waals surface area contributed by atoms with Crippen molar-refractivity contribution < 1.29 is 5.11 Å². The number of aromatic nitrogens is 2. The van der Waals surface area contributed by atoms with E-state index in [1.165, 1.54) is 0 Å². The molecule has 84 valence electrons. The molecule has 0 bridgehead atoms. The van der Waals surface area contributed by atoms with Gasteiger partial charge in [0.25, 0.3) is 0 Å². The Morgan fingerprint density at radius 2 is 2.25 bits per heavy atom. The molecular formula is C12H13ClN2O. The Morgan fingerprint density at radius 3 is 2.94 bits per heavy atom. The van der Waals surface area contributed by atoms with E-state index in [1.807, 2.05) is 35.9 Å². The highest BCUT2D eigenvalue weighted by molar-refractivity contribution is 6.33. The molecular weight excluding hydrogens is 224 g/mol. The Kier molecular flexibility index (Phi) is 3.27. The second kappa shape index (κ2) is 4.68. The molecule has 0 radical (unpaired) electrons. The summed E-state index contributed by atoms with van der Waals surface area (Å²) in [4.78, 5) is 4.26. The maximum Gasteiger partial charge on any atom is 0.141 e. The van der Waals surface area contributed by atoms with Gasteiger partial charge in [-0.15, -0.1) is 0 Å². The Labute approximate surface area is 99.3 Å². The van der Waals surface area contributed by atoms with Crippen LogP contribution in [0.25, 0.3) is 11.4 Å². The van der Waals surface area contributed by atoms with Crippen molar-refractivity contribution in [1.82, 2.24) is 9.55 Å². The van der Waals surface area contributed by atoms with E-state index in [1.54, 1.807) is 6.20 Å². The minimum Gasteiger partial charge on any atom is -0.395 e. The number of hydrogen-bond donors (Lipinski definition) is 1. The molecule has 1 N–H and O–H groups in total. The predicted octanol–water partition coefficient (Wildman–Crippen LogP) is 2.50. The van der Waals surface area contributed by atoms with Crippen LogP contribution in [0, 0.1) is 6.92 Å². The molecule has 0 amide bonds. The molecule has 1 heterocycles. The van der Waals surface area contributed by atoms with Crippen LogP contribution < -0.4 is 0 Å². The third-order valence-electron chi connectivity index (χ3n) is 2.42. The number of benzene rings is 1. The Balaban J connectivity index is 2.46. The summed E-state index contributed by atoms with van der Waals surface area (Å²) in [5.74, 6) is 0.791. The van der Waals surface area contributed by atoms with Gasteiger partial charge in [0, 0.05) is 24.5 Å². The largest absolute Gasteiger partial charge is 0.395 e. The molecule has 0 aliphatic rings. The number of imidazole rings is 1. The summed E-state index contributed by atoms with van der Waals surface area (Å²) in [5.41, 5.74) is 2.01. The van der Waals surface area contributed by atoms with E-state index in [0.717, 1.165) is 17.0 Å². The zero-order chi connectivity index (χ0) is 11.5. The summed E-state index contributed by atoms with van der Waals surface area (Å²) < 4.78 is 1.89. The van der Waals surface area contributed by atoms with Gasteiger partial charge in [0.05, 0.1) is 11.6 Å².